The van der Waals surface area contributed by atoms with E-state index in [2.05, 4.69) is 6.07 Å². The zero-order valence-corrected chi connectivity index (χ0v) is 13.0. The van der Waals surface area contributed by atoms with Crippen LogP contribution in [0.25, 0.3) is 0 Å². The predicted octanol–water partition coefficient (Wildman–Crippen LogP) is 5.45. The van der Waals surface area contributed by atoms with E-state index >= 15 is 0 Å². The zero-order valence-electron chi connectivity index (χ0n) is 10.7. The van der Waals surface area contributed by atoms with E-state index in [1.165, 1.54) is 5.56 Å². The van der Waals surface area contributed by atoms with Crippen LogP contribution in [-0.4, -0.2) is 6.61 Å². The first-order valence-electron chi connectivity index (χ1n) is 6.47. The Labute approximate surface area is 133 Å². The fourth-order valence-corrected chi connectivity index (χ4v) is 3.03. The standard InChI is InChI=1S/C16H13Cl3O/c17-13-3-1-10(8-15(13)19)7-14(18)11-2-4-16-12(9-11)5-6-20-16/h1-4,8-9,14H,5-7H2. The molecule has 0 bridgehead atoms. The van der Waals surface area contributed by atoms with E-state index in [9.17, 15) is 0 Å². The lowest BCUT2D eigenvalue weighted by Crippen LogP contribution is -1.97. The molecule has 2 aromatic rings. The number of ether oxygens (including phenoxy) is 1. The number of alkyl halides is 1. The van der Waals surface area contributed by atoms with Gasteiger partial charge in [-0.3, -0.25) is 0 Å². The molecule has 0 N–H and O–H groups in total. The molecule has 1 aliphatic heterocycles. The highest BCUT2D eigenvalue weighted by atomic mass is 35.5. The molecule has 1 atom stereocenters. The molecule has 2 aromatic carbocycles. The second kappa shape index (κ2) is 5.85. The number of hydrogen-bond acceptors (Lipinski definition) is 1. The van der Waals surface area contributed by atoms with Crippen molar-refractivity contribution in [3.8, 4) is 5.75 Å². The van der Waals surface area contributed by atoms with Gasteiger partial charge in [-0.15, -0.1) is 11.6 Å². The number of fused-ring (bicyclic) bond motifs is 1. The van der Waals surface area contributed by atoms with E-state index in [4.69, 9.17) is 39.5 Å². The van der Waals surface area contributed by atoms with Crippen molar-refractivity contribution >= 4 is 34.8 Å². The van der Waals surface area contributed by atoms with Crippen LogP contribution in [0.3, 0.4) is 0 Å². The van der Waals surface area contributed by atoms with Gasteiger partial charge < -0.3 is 4.74 Å². The molecule has 0 spiro atoms. The van der Waals surface area contributed by atoms with E-state index in [1.54, 1.807) is 6.07 Å². The summed E-state index contributed by atoms with van der Waals surface area (Å²) in [6, 6.07) is 11.8. The molecule has 1 aliphatic rings. The Morgan fingerprint density at radius 1 is 1.05 bits per heavy atom. The fourth-order valence-electron chi connectivity index (χ4n) is 2.39. The van der Waals surface area contributed by atoms with Crippen LogP contribution in [0.4, 0.5) is 0 Å². The second-order valence-electron chi connectivity index (χ2n) is 4.89. The van der Waals surface area contributed by atoms with Gasteiger partial charge in [-0.25, -0.2) is 0 Å². The van der Waals surface area contributed by atoms with Gasteiger partial charge in [-0.1, -0.05) is 41.4 Å². The summed E-state index contributed by atoms with van der Waals surface area (Å²) < 4.78 is 5.51. The first-order chi connectivity index (χ1) is 9.63. The maximum absolute atomic E-state index is 6.52. The molecular weight excluding hydrogens is 315 g/mol. The van der Waals surface area contributed by atoms with E-state index in [0.29, 0.717) is 10.0 Å². The summed E-state index contributed by atoms with van der Waals surface area (Å²) in [4.78, 5) is 0. The molecule has 0 fully saturated rings. The first kappa shape index (κ1) is 14.1. The van der Waals surface area contributed by atoms with Crippen LogP contribution in [-0.2, 0) is 12.8 Å². The van der Waals surface area contributed by atoms with E-state index in [0.717, 1.165) is 36.3 Å². The summed E-state index contributed by atoms with van der Waals surface area (Å²) in [7, 11) is 0. The SMILES string of the molecule is Clc1ccc(CC(Cl)c2ccc3c(c2)CCO3)cc1Cl. The lowest BCUT2D eigenvalue weighted by Gasteiger charge is -2.12. The van der Waals surface area contributed by atoms with Crippen molar-refractivity contribution in [2.75, 3.05) is 6.61 Å². The molecule has 3 rings (SSSR count). The number of halogens is 3. The summed E-state index contributed by atoms with van der Waals surface area (Å²) in [5.74, 6) is 0.979. The third kappa shape index (κ3) is 2.90. The van der Waals surface area contributed by atoms with Crippen molar-refractivity contribution < 1.29 is 4.74 Å². The van der Waals surface area contributed by atoms with Crippen molar-refractivity contribution in [3.05, 3.63) is 63.1 Å². The molecule has 0 radical (unpaired) electrons. The monoisotopic (exact) mass is 326 g/mol. The van der Waals surface area contributed by atoms with Crippen LogP contribution >= 0.6 is 34.8 Å². The maximum Gasteiger partial charge on any atom is 0.122 e. The second-order valence-corrected chi connectivity index (χ2v) is 6.23. The Hall–Kier alpha value is -0.890. The predicted molar refractivity (Wildman–Crippen MR) is 84.4 cm³/mol. The van der Waals surface area contributed by atoms with Crippen LogP contribution in [0.5, 0.6) is 5.75 Å². The molecule has 20 heavy (non-hydrogen) atoms. The Morgan fingerprint density at radius 2 is 1.90 bits per heavy atom. The highest BCUT2D eigenvalue weighted by molar-refractivity contribution is 6.42. The molecule has 0 aromatic heterocycles. The average Bonchev–Trinajstić information content (AvgIpc) is 2.90. The van der Waals surface area contributed by atoms with E-state index in [-0.39, 0.29) is 5.38 Å². The van der Waals surface area contributed by atoms with Crippen LogP contribution in [0.2, 0.25) is 10.0 Å². The highest BCUT2D eigenvalue weighted by Gasteiger charge is 2.16. The third-order valence-corrected chi connectivity index (χ3v) is 4.62. The molecule has 1 unspecified atom stereocenters. The summed E-state index contributed by atoms with van der Waals surface area (Å²) in [6.45, 7) is 0.762. The number of benzene rings is 2. The first-order valence-corrected chi connectivity index (χ1v) is 7.66. The van der Waals surface area contributed by atoms with Gasteiger partial charge in [0.25, 0.3) is 0 Å². The van der Waals surface area contributed by atoms with Crippen molar-refractivity contribution in [1.29, 1.82) is 0 Å². The van der Waals surface area contributed by atoms with Gasteiger partial charge in [0.2, 0.25) is 0 Å². The highest BCUT2D eigenvalue weighted by Crippen LogP contribution is 2.33. The minimum Gasteiger partial charge on any atom is -0.493 e. The molecule has 0 saturated heterocycles. The van der Waals surface area contributed by atoms with Crippen molar-refractivity contribution in [1.82, 2.24) is 0 Å². The number of hydrogen-bond donors (Lipinski definition) is 0. The lowest BCUT2D eigenvalue weighted by molar-refractivity contribution is 0.357. The Kier molecular flexibility index (Phi) is 4.11. The molecule has 0 aliphatic carbocycles. The van der Waals surface area contributed by atoms with Crippen LogP contribution in [0, 0.1) is 0 Å². The smallest absolute Gasteiger partial charge is 0.122 e. The Balaban J connectivity index is 1.78. The molecule has 104 valence electrons. The van der Waals surface area contributed by atoms with Gasteiger partial charge in [-0.2, -0.15) is 0 Å². The molecular formula is C16H13Cl3O. The molecule has 1 nitrogen and oxygen atoms in total. The van der Waals surface area contributed by atoms with Gasteiger partial charge in [-0.05, 0) is 41.3 Å². The summed E-state index contributed by atoms with van der Waals surface area (Å²) in [5, 5.41) is 1.05. The fraction of sp³-hybridized carbons (Fsp3) is 0.250. The minimum atomic E-state index is -0.0851. The Morgan fingerprint density at radius 3 is 2.70 bits per heavy atom. The van der Waals surface area contributed by atoms with Crippen molar-refractivity contribution in [3.63, 3.8) is 0 Å². The zero-order chi connectivity index (χ0) is 14.1. The molecule has 0 saturated carbocycles. The summed E-state index contributed by atoms with van der Waals surface area (Å²) in [5.41, 5.74) is 3.43. The maximum atomic E-state index is 6.52. The normalized spacial score (nSPS) is 14.8. The summed E-state index contributed by atoms with van der Waals surface area (Å²) in [6.07, 6.45) is 1.68. The molecule has 1 heterocycles. The van der Waals surface area contributed by atoms with Gasteiger partial charge in [0.1, 0.15) is 5.75 Å². The van der Waals surface area contributed by atoms with Crippen LogP contribution in [0.1, 0.15) is 22.1 Å². The number of rotatable bonds is 3. The van der Waals surface area contributed by atoms with Crippen LogP contribution < -0.4 is 4.74 Å². The quantitative estimate of drug-likeness (QED) is 0.681. The van der Waals surface area contributed by atoms with Crippen molar-refractivity contribution in [2.45, 2.75) is 18.2 Å². The van der Waals surface area contributed by atoms with Gasteiger partial charge in [0, 0.05) is 6.42 Å². The third-order valence-electron chi connectivity index (χ3n) is 3.47. The lowest BCUT2D eigenvalue weighted by atomic mass is 10.0. The minimum absolute atomic E-state index is 0.0851. The van der Waals surface area contributed by atoms with Gasteiger partial charge in [0.15, 0.2) is 0 Å². The van der Waals surface area contributed by atoms with Gasteiger partial charge in [0.05, 0.1) is 22.0 Å². The topological polar surface area (TPSA) is 9.23 Å². The van der Waals surface area contributed by atoms with E-state index in [1.807, 2.05) is 24.3 Å². The molecule has 4 heteroatoms. The van der Waals surface area contributed by atoms with Crippen LogP contribution in [0.15, 0.2) is 36.4 Å². The molecule has 0 amide bonds. The Bertz CT molecular complexity index is 640. The average molecular weight is 328 g/mol. The van der Waals surface area contributed by atoms with E-state index < -0.39 is 0 Å². The summed E-state index contributed by atoms with van der Waals surface area (Å²) >= 11 is 18.5. The van der Waals surface area contributed by atoms with Crippen molar-refractivity contribution in [2.24, 2.45) is 0 Å². The van der Waals surface area contributed by atoms with Gasteiger partial charge >= 0.3 is 0 Å². The largest absolute Gasteiger partial charge is 0.493 e.